The highest BCUT2D eigenvalue weighted by Crippen LogP contribution is 2.40. The number of hydrogen-bond donors (Lipinski definition) is 2. The van der Waals surface area contributed by atoms with Crippen molar-refractivity contribution in [3.8, 4) is 34.7 Å². The largest absolute Gasteiger partial charge is 0.490 e. The number of nitrogens with zero attached hydrogens (tertiary/aromatic N) is 3. The molecule has 0 saturated heterocycles. The van der Waals surface area contributed by atoms with Crippen LogP contribution in [0.1, 0.15) is 30.5 Å². The van der Waals surface area contributed by atoms with E-state index in [4.69, 9.17) is 19.3 Å². The van der Waals surface area contributed by atoms with Crippen LogP contribution in [0.15, 0.2) is 47.0 Å². The van der Waals surface area contributed by atoms with Crippen LogP contribution < -0.4 is 10.2 Å². The van der Waals surface area contributed by atoms with Gasteiger partial charge in [-0.2, -0.15) is 10.2 Å². The third kappa shape index (κ3) is 3.91. The molecular formula is C21H19N4O4P. The molecule has 0 amide bonds. The van der Waals surface area contributed by atoms with Gasteiger partial charge in [-0.05, 0) is 50.1 Å². The zero-order valence-electron chi connectivity index (χ0n) is 16.4. The summed E-state index contributed by atoms with van der Waals surface area (Å²) in [6, 6.07) is 13.0. The summed E-state index contributed by atoms with van der Waals surface area (Å²) in [5.41, 5.74) is 9.03. The van der Waals surface area contributed by atoms with Crippen molar-refractivity contribution in [1.29, 1.82) is 5.26 Å². The molecule has 1 heterocycles. The number of fused-ring (bicyclic) bond motifs is 1. The van der Waals surface area contributed by atoms with Crippen LogP contribution in [-0.4, -0.2) is 21.1 Å². The van der Waals surface area contributed by atoms with E-state index in [9.17, 15) is 10.2 Å². The fraction of sp³-hybridized carbons (Fsp3) is 0.190. The second-order valence-electron chi connectivity index (χ2n) is 6.91. The second kappa shape index (κ2) is 8.25. The Morgan fingerprint density at radius 2 is 2.07 bits per heavy atom. The predicted octanol–water partition coefficient (Wildman–Crippen LogP) is 4.15. The van der Waals surface area contributed by atoms with E-state index in [2.05, 4.69) is 16.2 Å². The maximum absolute atomic E-state index is 9.44. The van der Waals surface area contributed by atoms with Gasteiger partial charge < -0.3 is 18.7 Å². The van der Waals surface area contributed by atoms with Gasteiger partial charge in [0.2, 0.25) is 5.82 Å². The lowest BCUT2D eigenvalue weighted by Gasteiger charge is -2.11. The van der Waals surface area contributed by atoms with E-state index < -0.39 is 8.53 Å². The second-order valence-corrected chi connectivity index (χ2v) is 7.70. The van der Waals surface area contributed by atoms with E-state index in [1.54, 1.807) is 18.2 Å². The minimum absolute atomic E-state index is 0.0396. The molecule has 1 atom stereocenters. The van der Waals surface area contributed by atoms with Gasteiger partial charge in [0.15, 0.2) is 0 Å². The van der Waals surface area contributed by atoms with Crippen LogP contribution in [0.25, 0.3) is 28.6 Å². The first-order chi connectivity index (χ1) is 14.5. The number of ether oxygens (including phenoxy) is 1. The summed E-state index contributed by atoms with van der Waals surface area (Å²) in [5.74, 6) is 1.79. The maximum atomic E-state index is 9.44. The van der Waals surface area contributed by atoms with Crippen LogP contribution in [0, 0.1) is 11.3 Å². The summed E-state index contributed by atoms with van der Waals surface area (Å²) >= 11 is 0. The molecule has 0 bridgehead atoms. The topological polar surface area (TPSA) is 127 Å². The van der Waals surface area contributed by atoms with Crippen LogP contribution in [0.3, 0.4) is 0 Å². The van der Waals surface area contributed by atoms with Gasteiger partial charge in [0.05, 0.1) is 11.7 Å². The zero-order valence-corrected chi connectivity index (χ0v) is 17.3. The third-order valence-corrected chi connectivity index (χ3v) is 4.89. The molecule has 3 aromatic rings. The molecule has 1 unspecified atom stereocenters. The van der Waals surface area contributed by atoms with Crippen molar-refractivity contribution in [2.75, 3.05) is 0 Å². The number of allylic oxidation sites excluding steroid dienone is 1. The molecule has 0 spiro atoms. The summed E-state index contributed by atoms with van der Waals surface area (Å²) in [6.45, 7) is 3.80. The summed E-state index contributed by atoms with van der Waals surface area (Å²) < 4.78 is 16.4. The Bertz CT molecular complexity index is 1160. The molecular weight excluding hydrogens is 403 g/mol. The van der Waals surface area contributed by atoms with Crippen molar-refractivity contribution in [3.63, 3.8) is 0 Å². The highest BCUT2D eigenvalue weighted by Gasteiger charge is 2.23. The zero-order chi connectivity index (χ0) is 21.3. The van der Waals surface area contributed by atoms with E-state index in [0.717, 1.165) is 16.7 Å². The van der Waals surface area contributed by atoms with Crippen molar-refractivity contribution >= 4 is 14.3 Å². The normalized spacial score (nSPS) is 13.5. The van der Waals surface area contributed by atoms with Gasteiger partial charge in [-0.3, -0.25) is 5.50 Å². The summed E-state index contributed by atoms with van der Waals surface area (Å²) in [7, 11) is -1.99. The monoisotopic (exact) mass is 422 g/mol. The SMILES string of the molecule is CC(C)Oc1ccc(-c2nc(-c3cccc4c3CC=C4OP(N)O)no2)cc1C#N. The van der Waals surface area contributed by atoms with Crippen molar-refractivity contribution in [2.24, 2.45) is 5.50 Å². The van der Waals surface area contributed by atoms with Crippen LogP contribution >= 0.6 is 8.53 Å². The molecule has 0 fully saturated rings. The third-order valence-electron chi connectivity index (χ3n) is 4.50. The smallest absolute Gasteiger partial charge is 0.312 e. The molecule has 30 heavy (non-hydrogen) atoms. The Morgan fingerprint density at radius 3 is 2.80 bits per heavy atom. The number of nitriles is 1. The standard InChI is InChI=1S/C21H19N4O4P/c1-12(2)27-18-8-6-13(10-14(18)11-22)21-24-20(25-28-21)17-5-3-4-16-15(17)7-9-19(16)29-30(23)26/h3-6,8-10,12,26H,7,23H2,1-2H3. The van der Waals surface area contributed by atoms with Crippen LogP contribution in [0.5, 0.6) is 5.75 Å². The first-order valence-electron chi connectivity index (χ1n) is 9.25. The number of aromatic nitrogens is 2. The van der Waals surface area contributed by atoms with E-state index in [0.29, 0.717) is 40.8 Å². The predicted molar refractivity (Wildman–Crippen MR) is 112 cm³/mol. The molecule has 4 rings (SSSR count). The lowest BCUT2D eigenvalue weighted by atomic mass is 10.0. The first-order valence-corrected chi connectivity index (χ1v) is 10.5. The first kappa shape index (κ1) is 20.0. The number of rotatable bonds is 6. The molecule has 1 aliphatic rings. The van der Waals surface area contributed by atoms with Gasteiger partial charge in [-0.1, -0.05) is 23.4 Å². The number of benzene rings is 2. The highest BCUT2D eigenvalue weighted by molar-refractivity contribution is 7.43. The fourth-order valence-electron chi connectivity index (χ4n) is 3.30. The molecule has 2 aromatic carbocycles. The Balaban J connectivity index is 1.65. The van der Waals surface area contributed by atoms with Gasteiger partial charge >= 0.3 is 8.53 Å². The van der Waals surface area contributed by atoms with Crippen LogP contribution in [0.4, 0.5) is 0 Å². The summed E-state index contributed by atoms with van der Waals surface area (Å²) in [4.78, 5) is 13.9. The average Bonchev–Trinajstić information content (AvgIpc) is 3.35. The van der Waals surface area contributed by atoms with Gasteiger partial charge in [0, 0.05) is 16.7 Å². The van der Waals surface area contributed by atoms with Crippen molar-refractivity contribution < 1.29 is 18.7 Å². The van der Waals surface area contributed by atoms with Gasteiger partial charge in [-0.15, -0.1) is 0 Å². The number of hydrogen-bond acceptors (Lipinski definition) is 8. The average molecular weight is 422 g/mol. The molecule has 1 aliphatic carbocycles. The maximum Gasteiger partial charge on any atom is 0.312 e. The fourth-order valence-corrected chi connectivity index (χ4v) is 3.67. The Morgan fingerprint density at radius 1 is 1.27 bits per heavy atom. The van der Waals surface area contributed by atoms with Crippen LogP contribution in [0.2, 0.25) is 0 Å². The molecule has 0 aliphatic heterocycles. The molecule has 152 valence electrons. The quantitative estimate of drug-likeness (QED) is 0.567. The Kier molecular flexibility index (Phi) is 5.51. The molecule has 3 N–H and O–H groups in total. The minimum atomic E-state index is -1.99. The molecule has 0 saturated carbocycles. The summed E-state index contributed by atoms with van der Waals surface area (Å²) in [6.07, 6.45) is 2.43. The van der Waals surface area contributed by atoms with Gasteiger partial charge in [0.1, 0.15) is 17.6 Å². The Labute approximate surface area is 174 Å². The Hall–Kier alpha value is -3.24. The molecule has 8 nitrogen and oxygen atoms in total. The molecule has 9 heteroatoms. The van der Waals surface area contributed by atoms with Crippen LogP contribution in [-0.2, 0) is 10.9 Å². The lowest BCUT2D eigenvalue weighted by molar-refractivity contribution is 0.241. The number of nitrogens with two attached hydrogens (primary N) is 1. The summed E-state index contributed by atoms with van der Waals surface area (Å²) in [5, 5.41) is 13.6. The highest BCUT2D eigenvalue weighted by atomic mass is 31.2. The lowest BCUT2D eigenvalue weighted by Crippen LogP contribution is -2.06. The van der Waals surface area contributed by atoms with E-state index >= 15 is 0 Å². The molecule has 1 aromatic heterocycles. The van der Waals surface area contributed by atoms with Crippen molar-refractivity contribution in [2.45, 2.75) is 26.4 Å². The van der Waals surface area contributed by atoms with E-state index in [-0.39, 0.29) is 6.10 Å². The molecule has 0 radical (unpaired) electrons. The van der Waals surface area contributed by atoms with E-state index in [1.165, 1.54) is 0 Å². The van der Waals surface area contributed by atoms with Gasteiger partial charge in [-0.25, -0.2) is 0 Å². The van der Waals surface area contributed by atoms with Gasteiger partial charge in [0.25, 0.3) is 5.89 Å². The minimum Gasteiger partial charge on any atom is -0.490 e. The van der Waals surface area contributed by atoms with Crippen molar-refractivity contribution in [1.82, 2.24) is 10.1 Å². The van der Waals surface area contributed by atoms with E-state index in [1.807, 2.05) is 38.1 Å². The van der Waals surface area contributed by atoms with Crippen molar-refractivity contribution in [3.05, 3.63) is 59.2 Å².